The fourth-order valence-corrected chi connectivity index (χ4v) is 3.95. The molecule has 0 bridgehead atoms. The minimum Gasteiger partial charge on any atom is -0.330 e. The predicted octanol–water partition coefficient (Wildman–Crippen LogP) is 1.68. The van der Waals surface area contributed by atoms with Crippen LogP contribution in [0.25, 0.3) is 10.9 Å². The highest BCUT2D eigenvalue weighted by atomic mass is 32.2. The van der Waals surface area contributed by atoms with Crippen molar-refractivity contribution in [3.8, 4) is 0 Å². The molecule has 0 unspecified atom stereocenters. The molecule has 1 fully saturated rings. The highest BCUT2D eigenvalue weighted by Gasteiger charge is 2.32. The average molecular weight is 440 g/mol. The van der Waals surface area contributed by atoms with Crippen molar-refractivity contribution in [2.24, 2.45) is 0 Å². The minimum atomic E-state index is -4.47. The Labute approximate surface area is 169 Å². The van der Waals surface area contributed by atoms with Crippen LogP contribution in [0.15, 0.2) is 30.5 Å². The number of amides is 2. The van der Waals surface area contributed by atoms with Gasteiger partial charge in [-0.25, -0.2) is 9.36 Å². The van der Waals surface area contributed by atoms with Crippen LogP contribution in [0.5, 0.6) is 0 Å². The summed E-state index contributed by atoms with van der Waals surface area (Å²) in [5.41, 5.74) is 2.10. The molecule has 2 N–H and O–H groups in total. The maximum atomic E-state index is 12.0. The van der Waals surface area contributed by atoms with Crippen molar-refractivity contribution < 1.29 is 38.1 Å². The van der Waals surface area contributed by atoms with E-state index in [0.29, 0.717) is 21.9 Å². The largest absolute Gasteiger partial charge is 0.470 e. The summed E-state index contributed by atoms with van der Waals surface area (Å²) in [6.45, 7) is 0. The van der Waals surface area contributed by atoms with Gasteiger partial charge in [-0.3, -0.25) is 19.1 Å². The lowest BCUT2D eigenvalue weighted by molar-refractivity contribution is -0.197. The van der Waals surface area contributed by atoms with Gasteiger partial charge in [0.1, 0.15) is 5.94 Å². The zero-order chi connectivity index (χ0) is 21.0. The van der Waals surface area contributed by atoms with E-state index < -0.39 is 25.6 Å². The molecule has 0 atom stereocenters. The monoisotopic (exact) mass is 440 g/mol. The Bertz CT molecular complexity index is 992. The summed E-state index contributed by atoms with van der Waals surface area (Å²) in [6, 6.07) is 7.07. The van der Waals surface area contributed by atoms with Crippen molar-refractivity contribution in [2.75, 3.05) is 5.94 Å². The summed E-state index contributed by atoms with van der Waals surface area (Å²) in [5.74, 6) is -1.47. The van der Waals surface area contributed by atoms with E-state index in [-0.39, 0.29) is 25.2 Å². The van der Waals surface area contributed by atoms with Crippen LogP contribution in [0.1, 0.15) is 24.0 Å². The molecule has 0 saturated carbocycles. The normalized spacial score (nSPS) is 14.6. The number of nitrogens with zero attached hydrogens (tertiary/aromatic N) is 2. The summed E-state index contributed by atoms with van der Waals surface area (Å²) in [4.78, 5) is 61.5. The Morgan fingerprint density at radius 3 is 2.59 bits per heavy atom. The third-order valence-corrected chi connectivity index (χ3v) is 5.39. The number of imide groups is 1. The predicted molar refractivity (Wildman–Crippen MR) is 102 cm³/mol. The molecule has 10 nitrogen and oxygen atoms in total. The molecule has 0 spiro atoms. The number of phosphoric ester groups is 1. The molecule has 1 saturated heterocycles. The SMILES string of the molecule is O=C(Cc1ccc2cc(CSCOP(=O)(O)O)cnc2c1)ON1C(=O)CCC1=O. The van der Waals surface area contributed by atoms with Gasteiger partial charge in [0.05, 0.1) is 11.9 Å². The molecule has 0 radical (unpaired) electrons. The molecule has 3 rings (SSSR count). The van der Waals surface area contributed by atoms with Crippen molar-refractivity contribution >= 4 is 48.3 Å². The molecule has 29 heavy (non-hydrogen) atoms. The highest BCUT2D eigenvalue weighted by molar-refractivity contribution is 7.98. The van der Waals surface area contributed by atoms with E-state index >= 15 is 0 Å². The Morgan fingerprint density at radius 2 is 1.90 bits per heavy atom. The first-order chi connectivity index (χ1) is 13.7. The van der Waals surface area contributed by atoms with Crippen LogP contribution in [0, 0.1) is 0 Å². The van der Waals surface area contributed by atoms with Gasteiger partial charge < -0.3 is 14.6 Å². The van der Waals surface area contributed by atoms with Crippen LogP contribution in [-0.2, 0) is 40.5 Å². The van der Waals surface area contributed by atoms with Gasteiger partial charge in [-0.15, -0.1) is 16.8 Å². The number of benzene rings is 1. The highest BCUT2D eigenvalue weighted by Crippen LogP contribution is 2.37. The standard InChI is InChI=1S/C17H17N2O8PS/c20-15-3-4-16(21)19(15)27-17(22)7-11-1-2-13-5-12(8-18-14(13)6-11)9-29-10-26-28(23,24)25/h1-2,5-6,8H,3-4,7,9-10H2,(H2,23,24,25). The second-order valence-electron chi connectivity index (χ2n) is 6.18. The number of carbonyl (C=O) groups excluding carboxylic acids is 3. The van der Waals surface area contributed by atoms with Crippen LogP contribution < -0.4 is 0 Å². The Morgan fingerprint density at radius 1 is 1.17 bits per heavy atom. The van der Waals surface area contributed by atoms with Gasteiger partial charge in [0.15, 0.2) is 0 Å². The number of phosphoric acid groups is 1. The van der Waals surface area contributed by atoms with Gasteiger partial charge in [0.25, 0.3) is 11.8 Å². The number of hydrogen-bond donors (Lipinski definition) is 2. The maximum absolute atomic E-state index is 12.0. The molecule has 0 aliphatic carbocycles. The van der Waals surface area contributed by atoms with Gasteiger partial charge >= 0.3 is 13.8 Å². The number of fused-ring (bicyclic) bond motifs is 1. The van der Waals surface area contributed by atoms with Crippen molar-refractivity contribution in [3.05, 3.63) is 41.6 Å². The molecule has 2 amide bonds. The zero-order valence-electron chi connectivity index (χ0n) is 15.0. The van der Waals surface area contributed by atoms with Crippen molar-refractivity contribution in [3.63, 3.8) is 0 Å². The number of rotatable bonds is 8. The second-order valence-corrected chi connectivity index (χ2v) is 8.35. The smallest absolute Gasteiger partial charge is 0.330 e. The first-order valence-electron chi connectivity index (χ1n) is 8.43. The quantitative estimate of drug-likeness (QED) is 0.269. The fourth-order valence-electron chi connectivity index (χ4n) is 2.63. The summed E-state index contributed by atoms with van der Waals surface area (Å²) in [5, 5.41) is 1.34. The molecular formula is C17H17N2O8PS. The number of hydrogen-bond acceptors (Lipinski definition) is 8. The zero-order valence-corrected chi connectivity index (χ0v) is 16.7. The maximum Gasteiger partial charge on any atom is 0.470 e. The molecule has 12 heteroatoms. The number of hydroxylamine groups is 2. The van der Waals surface area contributed by atoms with E-state index in [0.717, 1.165) is 10.9 Å². The fraction of sp³-hybridized carbons (Fsp3) is 0.294. The lowest BCUT2D eigenvalue weighted by atomic mass is 10.1. The number of pyridine rings is 1. The lowest BCUT2D eigenvalue weighted by Gasteiger charge is -2.12. The van der Waals surface area contributed by atoms with Crippen LogP contribution in [0.4, 0.5) is 0 Å². The molecule has 154 valence electrons. The van der Waals surface area contributed by atoms with Crippen molar-refractivity contribution in [1.82, 2.24) is 10.0 Å². The molecule has 1 aromatic carbocycles. The molecule has 1 aliphatic heterocycles. The lowest BCUT2D eigenvalue weighted by Crippen LogP contribution is -2.32. The van der Waals surface area contributed by atoms with Gasteiger partial charge in [0, 0.05) is 30.2 Å². The van der Waals surface area contributed by atoms with E-state index in [1.54, 1.807) is 24.4 Å². The first-order valence-corrected chi connectivity index (χ1v) is 11.1. The van der Waals surface area contributed by atoms with Crippen molar-refractivity contribution in [1.29, 1.82) is 0 Å². The topological polar surface area (TPSA) is 143 Å². The molecule has 1 aromatic heterocycles. The van der Waals surface area contributed by atoms with Gasteiger partial charge in [-0.05, 0) is 23.3 Å². The molecule has 1 aliphatic rings. The summed E-state index contributed by atoms with van der Waals surface area (Å²) >= 11 is 1.19. The van der Waals surface area contributed by atoms with Crippen LogP contribution in [0.2, 0.25) is 0 Å². The van der Waals surface area contributed by atoms with E-state index in [4.69, 9.17) is 14.6 Å². The average Bonchev–Trinajstić information content (AvgIpc) is 2.96. The number of thioether (sulfide) groups is 1. The van der Waals surface area contributed by atoms with Gasteiger partial charge in [-0.2, -0.15) is 0 Å². The summed E-state index contributed by atoms with van der Waals surface area (Å²) in [6.07, 6.45) is 1.58. The van der Waals surface area contributed by atoms with E-state index in [1.165, 1.54) is 11.8 Å². The summed E-state index contributed by atoms with van der Waals surface area (Å²) < 4.78 is 15.0. The minimum absolute atomic E-state index is 0.0397. The van der Waals surface area contributed by atoms with Crippen LogP contribution >= 0.6 is 19.6 Å². The number of aromatic nitrogens is 1. The van der Waals surface area contributed by atoms with E-state index in [1.807, 2.05) is 6.07 Å². The summed E-state index contributed by atoms with van der Waals surface area (Å²) in [7, 11) is -4.47. The molecular weight excluding hydrogens is 423 g/mol. The van der Waals surface area contributed by atoms with Crippen molar-refractivity contribution in [2.45, 2.75) is 25.0 Å². The van der Waals surface area contributed by atoms with Gasteiger partial charge in [-0.1, -0.05) is 12.1 Å². The third-order valence-electron chi connectivity index (χ3n) is 3.93. The Hall–Kier alpha value is -2.30. The third kappa shape index (κ3) is 6.09. The Balaban J connectivity index is 1.58. The van der Waals surface area contributed by atoms with Crippen LogP contribution in [0.3, 0.4) is 0 Å². The molecule has 2 aromatic rings. The second kappa shape index (κ2) is 9.02. The Kier molecular flexibility index (Phi) is 6.66. The number of carbonyl (C=O) groups is 3. The van der Waals surface area contributed by atoms with E-state index in [9.17, 15) is 18.9 Å². The van der Waals surface area contributed by atoms with Gasteiger partial charge in [0.2, 0.25) is 0 Å². The molecule has 2 heterocycles. The van der Waals surface area contributed by atoms with Crippen LogP contribution in [-0.4, -0.2) is 43.6 Å². The van der Waals surface area contributed by atoms with E-state index in [2.05, 4.69) is 9.51 Å². The first kappa shape index (κ1) is 21.4.